The van der Waals surface area contributed by atoms with Crippen molar-refractivity contribution >= 4 is 11.3 Å². The van der Waals surface area contributed by atoms with Crippen LogP contribution in [0.5, 0.6) is 0 Å². The van der Waals surface area contributed by atoms with Gasteiger partial charge in [0.2, 0.25) is 0 Å². The van der Waals surface area contributed by atoms with E-state index in [2.05, 4.69) is 39.6 Å². The Hall–Kier alpha value is -2.95. The van der Waals surface area contributed by atoms with E-state index in [1.807, 2.05) is 26.2 Å². The lowest BCUT2D eigenvalue weighted by Gasteiger charge is -2.48. The second-order valence-electron chi connectivity index (χ2n) is 9.14. The van der Waals surface area contributed by atoms with Crippen molar-refractivity contribution in [3.8, 4) is 17.2 Å². The molecule has 3 aromatic heterocycles. The Morgan fingerprint density at radius 2 is 2.03 bits per heavy atom. The van der Waals surface area contributed by atoms with Crippen molar-refractivity contribution in [2.45, 2.75) is 50.8 Å². The van der Waals surface area contributed by atoms with Crippen LogP contribution in [-0.4, -0.2) is 50.5 Å². The summed E-state index contributed by atoms with van der Waals surface area (Å²) in [6.07, 6.45) is 8.08. The number of nitrogens with zero attached hydrogens (tertiary/aromatic N) is 5. The molecule has 0 radical (unpaired) electrons. The van der Waals surface area contributed by atoms with Gasteiger partial charge in [-0.05, 0) is 56.9 Å². The second kappa shape index (κ2) is 7.08. The minimum Gasteiger partial charge on any atom is -0.390 e. The molecule has 7 heteroatoms. The molecule has 3 fully saturated rings. The molecule has 3 aliphatic rings. The largest absolute Gasteiger partial charge is 0.390 e. The van der Waals surface area contributed by atoms with Crippen molar-refractivity contribution in [3.63, 3.8) is 0 Å². The molecule has 0 saturated carbocycles. The molecular formula is C23H26N6O. The predicted molar refractivity (Wildman–Crippen MR) is 115 cm³/mol. The Balaban J connectivity index is 1.50. The van der Waals surface area contributed by atoms with E-state index in [0.29, 0.717) is 24.1 Å². The normalized spacial score (nSPS) is 20.8. The van der Waals surface area contributed by atoms with E-state index in [1.165, 1.54) is 6.42 Å². The van der Waals surface area contributed by atoms with Gasteiger partial charge < -0.3 is 15.3 Å². The quantitative estimate of drug-likeness (QED) is 0.682. The molecule has 0 aromatic carbocycles. The number of nitriles is 1. The number of nitrogens with one attached hydrogen (secondary N) is 1. The van der Waals surface area contributed by atoms with Crippen molar-refractivity contribution in [1.29, 1.82) is 5.26 Å². The summed E-state index contributed by atoms with van der Waals surface area (Å²) < 4.78 is 1.77. The van der Waals surface area contributed by atoms with Gasteiger partial charge in [0.1, 0.15) is 11.9 Å². The lowest BCUT2D eigenvalue weighted by molar-refractivity contribution is 0.0714. The van der Waals surface area contributed by atoms with Gasteiger partial charge in [-0.15, -0.1) is 0 Å². The first-order valence-electron chi connectivity index (χ1n) is 10.5. The molecule has 6 heterocycles. The van der Waals surface area contributed by atoms with Gasteiger partial charge in [0.15, 0.2) is 0 Å². The fourth-order valence-electron chi connectivity index (χ4n) is 4.50. The summed E-state index contributed by atoms with van der Waals surface area (Å²) in [5, 5.41) is 27.6. The third-order valence-corrected chi connectivity index (χ3v) is 6.12. The fraction of sp³-hybridized carbons (Fsp3) is 0.435. The van der Waals surface area contributed by atoms with Gasteiger partial charge in [-0.1, -0.05) is 0 Å². The van der Waals surface area contributed by atoms with Crippen molar-refractivity contribution in [2.24, 2.45) is 0 Å². The Morgan fingerprint density at radius 1 is 1.27 bits per heavy atom. The maximum absolute atomic E-state index is 10.1. The summed E-state index contributed by atoms with van der Waals surface area (Å²) in [4.78, 5) is 7.08. The average molecular weight is 403 g/mol. The number of piperazine rings is 1. The van der Waals surface area contributed by atoms with Crippen molar-refractivity contribution < 1.29 is 5.11 Å². The van der Waals surface area contributed by atoms with Gasteiger partial charge in [0.25, 0.3) is 0 Å². The van der Waals surface area contributed by atoms with Crippen LogP contribution >= 0.6 is 0 Å². The minimum absolute atomic E-state index is 0.547. The first kappa shape index (κ1) is 19.0. The Kier molecular flexibility index (Phi) is 4.49. The first-order chi connectivity index (χ1) is 14.4. The highest BCUT2D eigenvalue weighted by molar-refractivity contribution is 5.84. The summed E-state index contributed by atoms with van der Waals surface area (Å²) in [5.41, 5.74) is 3.58. The molecule has 6 rings (SSSR count). The van der Waals surface area contributed by atoms with E-state index < -0.39 is 5.60 Å². The molecule has 2 bridgehead atoms. The molecule has 154 valence electrons. The predicted octanol–water partition coefficient (Wildman–Crippen LogP) is 2.52. The Labute approximate surface area is 176 Å². The second-order valence-corrected chi connectivity index (χ2v) is 9.14. The zero-order valence-corrected chi connectivity index (χ0v) is 17.3. The van der Waals surface area contributed by atoms with Crippen LogP contribution in [0.2, 0.25) is 0 Å². The van der Waals surface area contributed by atoms with Crippen molar-refractivity contribution in [3.05, 3.63) is 47.9 Å². The molecule has 0 aliphatic carbocycles. The van der Waals surface area contributed by atoms with Gasteiger partial charge in [-0.25, -0.2) is 9.50 Å². The van der Waals surface area contributed by atoms with Crippen LogP contribution in [0.15, 0.2) is 36.8 Å². The molecule has 0 spiro atoms. The maximum Gasteiger partial charge on any atom is 0.128 e. The number of anilines is 1. The van der Waals surface area contributed by atoms with Gasteiger partial charge >= 0.3 is 0 Å². The van der Waals surface area contributed by atoms with Crippen molar-refractivity contribution in [1.82, 2.24) is 19.9 Å². The molecule has 0 amide bonds. The molecule has 2 N–H and O–H groups in total. The number of pyridine rings is 2. The summed E-state index contributed by atoms with van der Waals surface area (Å²) in [7, 11) is 0. The summed E-state index contributed by atoms with van der Waals surface area (Å²) in [6, 6.07) is 9.67. The average Bonchev–Trinajstić information content (AvgIpc) is 3.14. The Morgan fingerprint density at radius 3 is 2.67 bits per heavy atom. The van der Waals surface area contributed by atoms with E-state index in [4.69, 9.17) is 4.98 Å². The van der Waals surface area contributed by atoms with Gasteiger partial charge in [-0.2, -0.15) is 10.4 Å². The fourth-order valence-corrected chi connectivity index (χ4v) is 4.50. The monoisotopic (exact) mass is 402 g/mol. The van der Waals surface area contributed by atoms with Gasteiger partial charge in [0.05, 0.1) is 22.9 Å². The number of hydrogen-bond donors (Lipinski definition) is 2. The highest BCUT2D eigenvalue weighted by Gasteiger charge is 2.36. The van der Waals surface area contributed by atoms with Crippen LogP contribution in [0.3, 0.4) is 0 Å². The standard InChI is InChI=1S/C23H26N6O/c1-23(2,30)6-5-15-7-20(22-17(9-24)11-26-29(22)12-15)16-3-4-21(25-10-16)28-13-18-8-19(14-28)27-18/h3-4,7,10-12,18-19,27,30H,5-6,8,13-14H2,1-2H3. The third-order valence-electron chi connectivity index (χ3n) is 6.12. The van der Waals surface area contributed by atoms with Crippen LogP contribution in [0.4, 0.5) is 5.82 Å². The number of aliphatic hydroxyl groups is 1. The van der Waals surface area contributed by atoms with Gasteiger partial charge in [-0.3, -0.25) is 0 Å². The highest BCUT2D eigenvalue weighted by Crippen LogP contribution is 2.31. The summed E-state index contributed by atoms with van der Waals surface area (Å²) in [6.45, 7) is 5.63. The summed E-state index contributed by atoms with van der Waals surface area (Å²) in [5.74, 6) is 0.998. The van der Waals surface area contributed by atoms with Crippen molar-refractivity contribution in [2.75, 3.05) is 18.0 Å². The molecule has 3 aromatic rings. The van der Waals surface area contributed by atoms with Crippen LogP contribution in [0, 0.1) is 11.3 Å². The lowest BCUT2D eigenvalue weighted by Crippen LogP contribution is -2.67. The zero-order chi connectivity index (χ0) is 20.9. The number of piperidine rings is 1. The first-order valence-corrected chi connectivity index (χ1v) is 10.5. The molecular weight excluding hydrogens is 376 g/mol. The topological polar surface area (TPSA) is 89.5 Å². The smallest absolute Gasteiger partial charge is 0.128 e. The molecule has 2 unspecified atom stereocenters. The van der Waals surface area contributed by atoms with Crippen LogP contribution in [0.1, 0.15) is 37.8 Å². The zero-order valence-electron chi connectivity index (χ0n) is 17.3. The maximum atomic E-state index is 10.1. The molecule has 3 saturated heterocycles. The number of aromatic nitrogens is 3. The van der Waals surface area contributed by atoms with Crippen LogP contribution < -0.4 is 10.2 Å². The van der Waals surface area contributed by atoms with E-state index in [-0.39, 0.29) is 0 Å². The van der Waals surface area contributed by atoms with Gasteiger partial charge in [0, 0.05) is 48.7 Å². The molecule has 2 atom stereocenters. The van der Waals surface area contributed by atoms with E-state index >= 15 is 0 Å². The van der Waals surface area contributed by atoms with E-state index in [0.717, 1.165) is 47.5 Å². The number of aryl methyl sites for hydroxylation is 1. The number of hydrogen-bond acceptors (Lipinski definition) is 6. The number of fused-ring (bicyclic) bond motifs is 3. The molecule has 30 heavy (non-hydrogen) atoms. The van der Waals surface area contributed by atoms with Crippen LogP contribution in [-0.2, 0) is 6.42 Å². The molecule has 7 nitrogen and oxygen atoms in total. The molecule has 3 aliphatic heterocycles. The Bertz CT molecular complexity index is 1110. The summed E-state index contributed by atoms with van der Waals surface area (Å²) >= 11 is 0. The van der Waals surface area contributed by atoms with E-state index in [9.17, 15) is 10.4 Å². The minimum atomic E-state index is -0.732. The van der Waals surface area contributed by atoms with E-state index in [1.54, 1.807) is 10.7 Å². The van der Waals surface area contributed by atoms with Crippen LogP contribution in [0.25, 0.3) is 16.6 Å². The third kappa shape index (κ3) is 3.53. The highest BCUT2D eigenvalue weighted by atomic mass is 16.3. The lowest BCUT2D eigenvalue weighted by atomic mass is 9.91. The SMILES string of the molecule is CC(C)(O)CCc1cc(-c2ccc(N3CC4CC(C3)N4)nc2)c2c(C#N)cnn2c1. The number of rotatable bonds is 5.